The molecular weight excluding hydrogens is 340 g/mol. The van der Waals surface area contributed by atoms with Gasteiger partial charge in [-0.1, -0.05) is 28.8 Å². The van der Waals surface area contributed by atoms with E-state index in [0.29, 0.717) is 11.8 Å². The van der Waals surface area contributed by atoms with E-state index in [1.54, 1.807) is 0 Å². The Morgan fingerprint density at radius 2 is 1.68 bits per heavy atom. The van der Waals surface area contributed by atoms with Gasteiger partial charge < -0.3 is 10.8 Å². The number of hydrogen-bond donors (Lipinski definition) is 2. The Labute approximate surface area is 136 Å². The lowest BCUT2D eigenvalue weighted by atomic mass is 9.92. The van der Waals surface area contributed by atoms with E-state index < -0.39 is 11.8 Å². The Kier molecular flexibility index (Phi) is 5.54. The number of nitrogens with two attached hydrogens (primary N) is 1. The number of alkyl halides is 3. The largest absolute Gasteiger partial charge is 0.426 e. The summed E-state index contributed by atoms with van der Waals surface area (Å²) in [5.41, 5.74) is 2.54. The average Bonchev–Trinajstić information content (AvgIpc) is 2.38. The number of halogens is 5. The first-order valence-electron chi connectivity index (χ1n) is 6.13. The topological polar surface area (TPSA) is 58.6 Å². The smallest absolute Gasteiger partial charge is 0.397 e. The average molecular weight is 355 g/mol. The molecule has 0 radical (unpaired) electrons. The van der Waals surface area contributed by atoms with Gasteiger partial charge in [-0.3, -0.25) is 4.99 Å². The van der Waals surface area contributed by atoms with Gasteiger partial charge in [0, 0.05) is 0 Å². The van der Waals surface area contributed by atoms with Crippen molar-refractivity contribution in [2.75, 3.05) is 5.73 Å². The Morgan fingerprint density at radius 1 is 1.18 bits per heavy atom. The summed E-state index contributed by atoms with van der Waals surface area (Å²) in [5, 5.41) is 10.3. The molecule has 3 nitrogen and oxygen atoms in total. The van der Waals surface area contributed by atoms with Crippen LogP contribution in [0.2, 0.25) is 10.0 Å². The van der Waals surface area contributed by atoms with Crippen LogP contribution in [0.1, 0.15) is 20.8 Å². The second-order valence-electron chi connectivity index (χ2n) is 4.97. The maximum atomic E-state index is 13.2. The molecule has 0 spiro atoms. The van der Waals surface area contributed by atoms with Gasteiger partial charge in [0.05, 0.1) is 27.6 Å². The van der Waals surface area contributed by atoms with Crippen LogP contribution in [0, 0.1) is 0 Å². The molecule has 0 fully saturated rings. The van der Waals surface area contributed by atoms with Crippen LogP contribution in [0.15, 0.2) is 28.3 Å². The van der Waals surface area contributed by atoms with E-state index in [4.69, 9.17) is 28.9 Å². The first kappa shape index (κ1) is 18.8. The van der Waals surface area contributed by atoms with Gasteiger partial charge in [0.25, 0.3) is 0 Å². The Hall–Kier alpha value is -1.24. The fourth-order valence-corrected chi connectivity index (χ4v) is 1.92. The lowest BCUT2D eigenvalue weighted by Crippen LogP contribution is -2.48. The summed E-state index contributed by atoms with van der Waals surface area (Å²) < 4.78 is 39.6. The molecule has 1 aromatic carbocycles. The van der Waals surface area contributed by atoms with E-state index in [9.17, 15) is 18.3 Å². The highest BCUT2D eigenvalue weighted by molar-refractivity contribution is 6.42. The van der Waals surface area contributed by atoms with E-state index in [0.717, 1.165) is 0 Å². The minimum Gasteiger partial charge on any atom is -0.397 e. The monoisotopic (exact) mass is 354 g/mol. The van der Waals surface area contributed by atoms with Gasteiger partial charge in [-0.05, 0) is 38.5 Å². The van der Waals surface area contributed by atoms with Crippen molar-refractivity contribution >= 4 is 40.8 Å². The molecule has 0 aliphatic carbocycles. The van der Waals surface area contributed by atoms with Crippen molar-refractivity contribution in [1.82, 2.24) is 0 Å². The molecule has 1 aromatic rings. The second kappa shape index (κ2) is 6.48. The predicted octanol–water partition coefficient (Wildman–Crippen LogP) is 4.93. The summed E-state index contributed by atoms with van der Waals surface area (Å²) in [6.45, 7) is 4.12. The van der Waals surface area contributed by atoms with Crippen LogP contribution in [0.25, 0.3) is 0 Å². The Balaban J connectivity index is 3.39. The molecule has 1 unspecified atom stereocenters. The van der Waals surface area contributed by atoms with E-state index in [1.807, 2.05) is 0 Å². The third-order valence-corrected chi connectivity index (χ3v) is 3.94. The van der Waals surface area contributed by atoms with Crippen molar-refractivity contribution in [1.29, 1.82) is 0 Å². The molecule has 22 heavy (non-hydrogen) atoms. The van der Waals surface area contributed by atoms with Crippen molar-refractivity contribution < 1.29 is 18.3 Å². The lowest BCUT2D eigenvalue weighted by molar-refractivity contribution is -0.214. The van der Waals surface area contributed by atoms with Gasteiger partial charge in [0.2, 0.25) is 5.60 Å². The van der Waals surface area contributed by atoms with E-state index >= 15 is 0 Å². The molecule has 1 atom stereocenters. The highest BCUT2D eigenvalue weighted by atomic mass is 35.5. The SMILES string of the molecule is CC(C)=C(C)C(O)(C=Nc1cc(Cl)c(Cl)cc1N)C(F)(F)F. The first-order valence-corrected chi connectivity index (χ1v) is 6.89. The number of allylic oxidation sites excluding steroid dienone is 1. The molecule has 122 valence electrons. The highest BCUT2D eigenvalue weighted by Crippen LogP contribution is 2.38. The van der Waals surface area contributed by atoms with E-state index in [2.05, 4.69) is 4.99 Å². The van der Waals surface area contributed by atoms with Gasteiger partial charge in [-0.2, -0.15) is 13.2 Å². The number of anilines is 1. The third-order valence-electron chi connectivity index (χ3n) is 3.21. The number of nitrogen functional groups attached to an aromatic ring is 1. The van der Waals surface area contributed by atoms with Crippen molar-refractivity contribution in [3.63, 3.8) is 0 Å². The van der Waals surface area contributed by atoms with E-state index in [1.165, 1.54) is 32.9 Å². The predicted molar refractivity (Wildman–Crippen MR) is 84.1 cm³/mol. The summed E-state index contributed by atoms with van der Waals surface area (Å²) >= 11 is 11.5. The van der Waals surface area contributed by atoms with Crippen LogP contribution in [0.4, 0.5) is 24.5 Å². The number of nitrogens with zero attached hydrogens (tertiary/aromatic N) is 1. The van der Waals surface area contributed by atoms with Crippen LogP contribution in [-0.4, -0.2) is 23.1 Å². The van der Waals surface area contributed by atoms with Gasteiger partial charge in [-0.25, -0.2) is 0 Å². The maximum absolute atomic E-state index is 13.2. The van der Waals surface area contributed by atoms with Crippen LogP contribution in [0.5, 0.6) is 0 Å². The standard InChI is InChI=1S/C14H15Cl2F3N2O/c1-7(2)8(3)13(22,14(17,18)19)6-21-12-5-10(16)9(15)4-11(12)20/h4-6,22H,20H2,1-3H3. The summed E-state index contributed by atoms with van der Waals surface area (Å²) in [6.07, 6.45) is -4.52. The zero-order valence-electron chi connectivity index (χ0n) is 12.1. The van der Waals surface area contributed by atoms with Crippen LogP contribution >= 0.6 is 23.2 Å². The van der Waals surface area contributed by atoms with Crippen molar-refractivity contribution in [3.8, 4) is 0 Å². The maximum Gasteiger partial charge on any atom is 0.426 e. The fourth-order valence-electron chi connectivity index (χ4n) is 1.59. The molecule has 8 heteroatoms. The molecule has 1 rings (SSSR count). The zero-order valence-corrected chi connectivity index (χ0v) is 13.6. The quantitative estimate of drug-likeness (QED) is 0.459. The number of rotatable bonds is 3. The fraction of sp³-hybridized carbons (Fsp3) is 0.357. The second-order valence-corrected chi connectivity index (χ2v) is 5.79. The number of aliphatic imine (C=N–C) groups is 1. The van der Waals surface area contributed by atoms with Gasteiger partial charge in [-0.15, -0.1) is 0 Å². The Bertz CT molecular complexity index is 638. The zero-order chi connectivity index (χ0) is 17.3. The van der Waals surface area contributed by atoms with Crippen LogP contribution in [-0.2, 0) is 0 Å². The van der Waals surface area contributed by atoms with Gasteiger partial charge >= 0.3 is 6.18 Å². The lowest BCUT2D eigenvalue weighted by Gasteiger charge is -2.28. The minimum atomic E-state index is -4.93. The Morgan fingerprint density at radius 3 is 2.14 bits per heavy atom. The molecule has 0 bridgehead atoms. The van der Waals surface area contributed by atoms with E-state index in [-0.39, 0.29) is 27.0 Å². The minimum absolute atomic E-state index is 0.0152. The molecule has 0 saturated heterocycles. The molecular formula is C14H15Cl2F3N2O. The summed E-state index contributed by atoms with van der Waals surface area (Å²) in [5.74, 6) is 0. The molecule has 0 aliphatic heterocycles. The van der Waals surface area contributed by atoms with Crippen LogP contribution < -0.4 is 5.73 Å². The normalized spacial score (nSPS) is 15.0. The molecule has 0 aliphatic rings. The molecule has 0 saturated carbocycles. The summed E-state index contributed by atoms with van der Waals surface area (Å²) in [4.78, 5) is 3.65. The summed E-state index contributed by atoms with van der Waals surface area (Å²) in [6, 6.07) is 2.50. The highest BCUT2D eigenvalue weighted by Gasteiger charge is 2.54. The van der Waals surface area contributed by atoms with Crippen LogP contribution in [0.3, 0.4) is 0 Å². The van der Waals surface area contributed by atoms with Gasteiger partial charge in [0.15, 0.2) is 0 Å². The molecule has 0 amide bonds. The summed E-state index contributed by atoms with van der Waals surface area (Å²) in [7, 11) is 0. The molecule has 0 heterocycles. The first-order chi connectivity index (χ1) is 9.90. The van der Waals surface area contributed by atoms with Crippen molar-refractivity contribution in [3.05, 3.63) is 33.3 Å². The molecule has 0 aromatic heterocycles. The number of benzene rings is 1. The van der Waals surface area contributed by atoms with Crippen molar-refractivity contribution in [2.45, 2.75) is 32.5 Å². The van der Waals surface area contributed by atoms with Gasteiger partial charge in [0.1, 0.15) is 0 Å². The number of aliphatic hydroxyl groups is 1. The third kappa shape index (κ3) is 3.74. The van der Waals surface area contributed by atoms with Crippen molar-refractivity contribution in [2.24, 2.45) is 4.99 Å². The number of hydrogen-bond acceptors (Lipinski definition) is 3. The molecule has 3 N–H and O–H groups in total.